The van der Waals surface area contributed by atoms with Gasteiger partial charge in [0.1, 0.15) is 0 Å². The maximum Gasteiger partial charge on any atom is 0.273 e. The molecule has 0 radical (unpaired) electrons. The van der Waals surface area contributed by atoms with Gasteiger partial charge in [-0.15, -0.1) is 0 Å². The van der Waals surface area contributed by atoms with Crippen LogP contribution in [0.15, 0.2) is 47.4 Å². The Bertz CT molecular complexity index is 921. The molecule has 7 nitrogen and oxygen atoms in total. The largest absolute Gasteiger partial charge is 0.326 e. The Labute approximate surface area is 132 Å². The summed E-state index contributed by atoms with van der Waals surface area (Å²) in [5, 5.41) is 13.6. The number of carbonyl (C=O) groups excluding carboxylic acids is 1. The Morgan fingerprint density at radius 2 is 1.91 bits per heavy atom. The molecule has 23 heavy (non-hydrogen) atoms. The lowest BCUT2D eigenvalue weighted by molar-refractivity contribution is -0.385. The molecule has 1 amide bonds. The van der Waals surface area contributed by atoms with Crippen molar-refractivity contribution >= 4 is 27.1 Å². The molecule has 1 heterocycles. The number of hydrogen-bond donors (Lipinski definition) is 1. The maximum absolute atomic E-state index is 12.5. The van der Waals surface area contributed by atoms with E-state index in [0.29, 0.717) is 11.3 Å². The van der Waals surface area contributed by atoms with Crippen LogP contribution in [0.4, 0.5) is 11.4 Å². The van der Waals surface area contributed by atoms with E-state index in [1.807, 2.05) is 0 Å². The summed E-state index contributed by atoms with van der Waals surface area (Å²) in [6.07, 6.45) is 0.129. The van der Waals surface area contributed by atoms with E-state index < -0.39 is 20.5 Å². The summed E-state index contributed by atoms with van der Waals surface area (Å²) < 4.78 is 25.1. The number of nitro benzene ring substituents is 1. The van der Waals surface area contributed by atoms with Crippen molar-refractivity contribution < 1.29 is 18.1 Å². The van der Waals surface area contributed by atoms with Gasteiger partial charge in [-0.2, -0.15) is 0 Å². The molecule has 2 aromatic rings. The fourth-order valence-electron chi connectivity index (χ4n) is 2.50. The number of anilines is 1. The molecule has 1 aliphatic heterocycles. The Balaban J connectivity index is 1.96. The van der Waals surface area contributed by atoms with Gasteiger partial charge >= 0.3 is 0 Å². The van der Waals surface area contributed by atoms with E-state index in [1.54, 1.807) is 6.07 Å². The van der Waals surface area contributed by atoms with Crippen LogP contribution in [-0.4, -0.2) is 19.2 Å². The van der Waals surface area contributed by atoms with Gasteiger partial charge in [0.25, 0.3) is 5.69 Å². The molecule has 0 saturated heterocycles. The highest BCUT2D eigenvalue weighted by Crippen LogP contribution is 2.28. The molecule has 0 unspecified atom stereocenters. The summed E-state index contributed by atoms with van der Waals surface area (Å²) >= 11 is 0. The van der Waals surface area contributed by atoms with Gasteiger partial charge in [-0.1, -0.05) is 18.2 Å². The number of nitro groups is 1. The molecule has 0 atom stereocenters. The number of fused-ring (bicyclic) bond motifs is 1. The Kier molecular flexibility index (Phi) is 3.61. The van der Waals surface area contributed by atoms with Crippen molar-refractivity contribution in [3.63, 3.8) is 0 Å². The van der Waals surface area contributed by atoms with Gasteiger partial charge in [-0.05, 0) is 23.8 Å². The first-order valence-electron chi connectivity index (χ1n) is 6.75. The second-order valence-corrected chi connectivity index (χ2v) is 7.18. The molecule has 1 N–H and O–H groups in total. The topological polar surface area (TPSA) is 106 Å². The highest BCUT2D eigenvalue weighted by molar-refractivity contribution is 7.90. The van der Waals surface area contributed by atoms with Crippen molar-refractivity contribution in [3.8, 4) is 0 Å². The lowest BCUT2D eigenvalue weighted by Gasteiger charge is -2.07. The van der Waals surface area contributed by atoms with E-state index in [-0.39, 0.29) is 28.5 Å². The third-order valence-corrected chi connectivity index (χ3v) is 5.26. The molecule has 0 aliphatic carbocycles. The molecule has 8 heteroatoms. The number of para-hydroxylation sites is 1. The first-order chi connectivity index (χ1) is 10.9. The van der Waals surface area contributed by atoms with Gasteiger partial charge < -0.3 is 5.32 Å². The first kappa shape index (κ1) is 15.2. The molecule has 0 spiro atoms. The molecule has 118 valence electrons. The van der Waals surface area contributed by atoms with Gasteiger partial charge in [-0.3, -0.25) is 14.9 Å². The van der Waals surface area contributed by atoms with E-state index in [4.69, 9.17) is 0 Å². The van der Waals surface area contributed by atoms with Crippen LogP contribution in [0.3, 0.4) is 0 Å². The van der Waals surface area contributed by atoms with E-state index in [0.717, 1.165) is 0 Å². The Hall–Kier alpha value is -2.74. The van der Waals surface area contributed by atoms with Crippen LogP contribution in [0.2, 0.25) is 0 Å². The van der Waals surface area contributed by atoms with Crippen molar-refractivity contribution in [2.24, 2.45) is 0 Å². The van der Waals surface area contributed by atoms with Gasteiger partial charge in [0.2, 0.25) is 5.91 Å². The van der Waals surface area contributed by atoms with Gasteiger partial charge in [0.05, 0.1) is 22.0 Å². The van der Waals surface area contributed by atoms with Crippen LogP contribution >= 0.6 is 0 Å². The van der Waals surface area contributed by atoms with Gasteiger partial charge in [0, 0.05) is 17.3 Å². The Morgan fingerprint density at radius 3 is 2.65 bits per heavy atom. The number of sulfone groups is 1. The number of benzene rings is 2. The summed E-state index contributed by atoms with van der Waals surface area (Å²) in [6, 6.07) is 10.1. The third kappa shape index (κ3) is 2.93. The van der Waals surface area contributed by atoms with Crippen LogP contribution in [-0.2, 0) is 26.8 Å². The third-order valence-electron chi connectivity index (χ3n) is 3.59. The SMILES string of the molecule is O=C1Cc2cc(S(=O)(=O)Cc3ccccc3[N+](=O)[O-])ccc2N1. The second kappa shape index (κ2) is 5.47. The molecule has 3 rings (SSSR count). The van der Waals surface area contributed by atoms with Gasteiger partial charge in [0.15, 0.2) is 9.84 Å². The zero-order valence-electron chi connectivity index (χ0n) is 11.9. The molecule has 0 bridgehead atoms. The van der Waals surface area contributed by atoms with E-state index in [9.17, 15) is 23.3 Å². The molecular weight excluding hydrogens is 320 g/mol. The number of amides is 1. The van der Waals surface area contributed by atoms with Crippen molar-refractivity contribution in [1.29, 1.82) is 0 Å². The molecule has 1 aliphatic rings. The normalized spacial score (nSPS) is 13.5. The second-order valence-electron chi connectivity index (χ2n) is 5.19. The van der Waals surface area contributed by atoms with E-state index in [2.05, 4.69) is 5.32 Å². The molecule has 0 fully saturated rings. The monoisotopic (exact) mass is 332 g/mol. The maximum atomic E-state index is 12.5. The van der Waals surface area contributed by atoms with E-state index in [1.165, 1.54) is 36.4 Å². The molecular formula is C15H12N2O5S. The van der Waals surface area contributed by atoms with Crippen LogP contribution in [0.1, 0.15) is 11.1 Å². The molecule has 0 aromatic heterocycles. The average Bonchev–Trinajstić information content (AvgIpc) is 2.86. The highest BCUT2D eigenvalue weighted by atomic mass is 32.2. The highest BCUT2D eigenvalue weighted by Gasteiger charge is 2.24. The lowest BCUT2D eigenvalue weighted by Crippen LogP contribution is -2.07. The van der Waals surface area contributed by atoms with Crippen LogP contribution in [0.5, 0.6) is 0 Å². The predicted octanol–water partition coefficient (Wildman–Crippen LogP) is 2.06. The standard InChI is InChI=1S/C15H12N2O5S/c18-15-8-11-7-12(5-6-13(11)16-15)23(21,22)9-10-3-1-2-4-14(10)17(19)20/h1-7H,8-9H2,(H,16,18). The average molecular weight is 332 g/mol. The quantitative estimate of drug-likeness (QED) is 0.681. The summed E-state index contributed by atoms with van der Waals surface area (Å²) in [5.41, 5.74) is 1.11. The zero-order chi connectivity index (χ0) is 16.6. The van der Waals surface area contributed by atoms with Gasteiger partial charge in [-0.25, -0.2) is 8.42 Å². The smallest absolute Gasteiger partial charge is 0.273 e. The van der Waals surface area contributed by atoms with E-state index >= 15 is 0 Å². The minimum Gasteiger partial charge on any atom is -0.326 e. The fourth-order valence-corrected chi connectivity index (χ4v) is 3.92. The van der Waals surface area contributed by atoms with Crippen LogP contribution in [0.25, 0.3) is 0 Å². The number of nitrogens with one attached hydrogen (secondary N) is 1. The summed E-state index contributed by atoms with van der Waals surface area (Å²) in [6.45, 7) is 0. The number of nitrogens with zero attached hydrogens (tertiary/aromatic N) is 1. The first-order valence-corrected chi connectivity index (χ1v) is 8.40. The van der Waals surface area contributed by atoms with Crippen molar-refractivity contribution in [2.45, 2.75) is 17.1 Å². The van der Waals surface area contributed by atoms with Crippen molar-refractivity contribution in [2.75, 3.05) is 5.32 Å². The fraction of sp³-hybridized carbons (Fsp3) is 0.133. The minimum absolute atomic E-state index is 0.0471. The van der Waals surface area contributed by atoms with Crippen LogP contribution < -0.4 is 5.32 Å². The number of hydrogen-bond acceptors (Lipinski definition) is 5. The van der Waals surface area contributed by atoms with Crippen molar-refractivity contribution in [3.05, 3.63) is 63.7 Å². The van der Waals surface area contributed by atoms with Crippen LogP contribution in [0, 0.1) is 10.1 Å². The summed E-state index contributed by atoms with van der Waals surface area (Å²) in [4.78, 5) is 21.8. The number of rotatable bonds is 4. The minimum atomic E-state index is -3.75. The lowest BCUT2D eigenvalue weighted by atomic mass is 10.2. The molecule has 0 saturated carbocycles. The Morgan fingerprint density at radius 1 is 1.17 bits per heavy atom. The zero-order valence-corrected chi connectivity index (χ0v) is 12.7. The predicted molar refractivity (Wildman–Crippen MR) is 82.8 cm³/mol. The summed E-state index contributed by atoms with van der Waals surface area (Å²) in [5.74, 6) is -0.655. The summed E-state index contributed by atoms with van der Waals surface area (Å²) in [7, 11) is -3.75. The van der Waals surface area contributed by atoms with Crippen molar-refractivity contribution in [1.82, 2.24) is 0 Å². The number of carbonyl (C=O) groups is 1. The molecule has 2 aromatic carbocycles.